The SMILES string of the molecule is COCCn1c(SCC(=O)Nc2ccccc2C)nc2ccsc2c1=O. The molecule has 6 nitrogen and oxygen atoms in total. The number of para-hydroxylation sites is 1. The number of benzene rings is 1. The van der Waals surface area contributed by atoms with Gasteiger partial charge < -0.3 is 10.1 Å². The maximum absolute atomic E-state index is 12.7. The van der Waals surface area contributed by atoms with Crippen LogP contribution in [0.2, 0.25) is 0 Å². The first-order valence-corrected chi connectivity index (χ1v) is 9.92. The molecule has 0 aliphatic heterocycles. The maximum atomic E-state index is 12.7. The molecule has 0 spiro atoms. The first kappa shape index (κ1) is 18.6. The number of aromatic nitrogens is 2. The van der Waals surface area contributed by atoms with Crippen molar-refractivity contribution in [1.82, 2.24) is 9.55 Å². The number of nitrogens with zero attached hydrogens (tertiary/aromatic N) is 2. The van der Waals surface area contributed by atoms with E-state index in [1.807, 2.05) is 42.6 Å². The number of thioether (sulfide) groups is 1. The van der Waals surface area contributed by atoms with Gasteiger partial charge in [-0.25, -0.2) is 4.98 Å². The van der Waals surface area contributed by atoms with E-state index in [4.69, 9.17) is 4.74 Å². The van der Waals surface area contributed by atoms with Crippen LogP contribution in [0, 0.1) is 6.92 Å². The summed E-state index contributed by atoms with van der Waals surface area (Å²) in [7, 11) is 1.59. The summed E-state index contributed by atoms with van der Waals surface area (Å²) in [6.45, 7) is 2.75. The van der Waals surface area contributed by atoms with Gasteiger partial charge in [0.15, 0.2) is 5.16 Å². The number of anilines is 1. The zero-order valence-electron chi connectivity index (χ0n) is 14.5. The quantitative estimate of drug-likeness (QED) is 0.496. The predicted octanol–water partition coefficient (Wildman–Crippen LogP) is 3.14. The summed E-state index contributed by atoms with van der Waals surface area (Å²) in [4.78, 5) is 29.5. The van der Waals surface area contributed by atoms with Gasteiger partial charge >= 0.3 is 0 Å². The van der Waals surface area contributed by atoms with Crippen LogP contribution in [-0.2, 0) is 16.1 Å². The van der Waals surface area contributed by atoms with Crippen LogP contribution in [0.15, 0.2) is 45.7 Å². The number of rotatable bonds is 7. The van der Waals surface area contributed by atoms with Crippen molar-refractivity contribution >= 4 is 44.9 Å². The van der Waals surface area contributed by atoms with E-state index in [-0.39, 0.29) is 17.2 Å². The van der Waals surface area contributed by atoms with Crippen molar-refractivity contribution in [2.45, 2.75) is 18.6 Å². The Hall–Kier alpha value is -2.16. The van der Waals surface area contributed by atoms with E-state index in [1.54, 1.807) is 11.7 Å². The third-order valence-electron chi connectivity index (χ3n) is 3.80. The largest absolute Gasteiger partial charge is 0.383 e. The highest BCUT2D eigenvalue weighted by Crippen LogP contribution is 2.21. The van der Waals surface area contributed by atoms with E-state index in [0.717, 1.165) is 11.3 Å². The molecule has 0 atom stereocenters. The third-order valence-corrected chi connectivity index (χ3v) is 5.67. The molecule has 8 heteroatoms. The van der Waals surface area contributed by atoms with Crippen LogP contribution < -0.4 is 10.9 Å². The highest BCUT2D eigenvalue weighted by Gasteiger charge is 2.14. The van der Waals surface area contributed by atoms with Crippen LogP contribution in [0.1, 0.15) is 5.56 Å². The normalized spacial score (nSPS) is 11.0. The van der Waals surface area contributed by atoms with E-state index >= 15 is 0 Å². The van der Waals surface area contributed by atoms with E-state index in [9.17, 15) is 9.59 Å². The molecule has 3 aromatic rings. The zero-order chi connectivity index (χ0) is 18.5. The summed E-state index contributed by atoms with van der Waals surface area (Å²) in [5.41, 5.74) is 2.36. The van der Waals surface area contributed by atoms with Crippen LogP contribution in [0.3, 0.4) is 0 Å². The lowest BCUT2D eigenvalue weighted by atomic mass is 10.2. The van der Waals surface area contributed by atoms with Gasteiger partial charge in [0.25, 0.3) is 5.56 Å². The van der Waals surface area contributed by atoms with Crippen molar-refractivity contribution in [3.63, 3.8) is 0 Å². The number of hydrogen-bond donors (Lipinski definition) is 1. The van der Waals surface area contributed by atoms with Crippen molar-refractivity contribution in [3.8, 4) is 0 Å². The molecule has 1 amide bonds. The minimum atomic E-state index is -0.137. The Morgan fingerprint density at radius 3 is 2.92 bits per heavy atom. The van der Waals surface area contributed by atoms with Gasteiger partial charge in [0.1, 0.15) is 4.70 Å². The topological polar surface area (TPSA) is 73.2 Å². The Kier molecular flexibility index (Phi) is 6.08. The molecule has 26 heavy (non-hydrogen) atoms. The monoisotopic (exact) mass is 389 g/mol. The van der Waals surface area contributed by atoms with E-state index < -0.39 is 0 Å². The first-order chi connectivity index (χ1) is 12.6. The van der Waals surface area contributed by atoms with Gasteiger partial charge in [-0.1, -0.05) is 30.0 Å². The van der Waals surface area contributed by atoms with Crippen molar-refractivity contribution in [2.75, 3.05) is 24.8 Å². The smallest absolute Gasteiger partial charge is 0.272 e. The average Bonchev–Trinajstić information content (AvgIpc) is 3.10. The highest BCUT2D eigenvalue weighted by molar-refractivity contribution is 7.99. The second-order valence-electron chi connectivity index (χ2n) is 5.63. The zero-order valence-corrected chi connectivity index (χ0v) is 16.2. The van der Waals surface area contributed by atoms with E-state index in [2.05, 4.69) is 10.3 Å². The lowest BCUT2D eigenvalue weighted by Crippen LogP contribution is -2.25. The Labute approximate surface area is 159 Å². The van der Waals surface area contributed by atoms with Crippen molar-refractivity contribution in [1.29, 1.82) is 0 Å². The minimum Gasteiger partial charge on any atom is -0.383 e. The molecule has 0 radical (unpaired) electrons. The van der Waals surface area contributed by atoms with Gasteiger partial charge in [0.2, 0.25) is 5.91 Å². The lowest BCUT2D eigenvalue weighted by molar-refractivity contribution is -0.113. The molecule has 1 aromatic carbocycles. The molecule has 3 rings (SSSR count). The molecule has 2 aromatic heterocycles. The number of methoxy groups -OCH3 is 1. The third kappa shape index (κ3) is 4.14. The fraction of sp³-hybridized carbons (Fsp3) is 0.278. The number of carbonyl (C=O) groups is 1. The van der Waals surface area contributed by atoms with Gasteiger partial charge in [-0.3, -0.25) is 14.2 Å². The number of hydrogen-bond acceptors (Lipinski definition) is 6. The van der Waals surface area contributed by atoms with Gasteiger partial charge in [-0.2, -0.15) is 0 Å². The number of nitrogens with one attached hydrogen (secondary N) is 1. The van der Waals surface area contributed by atoms with E-state index in [0.29, 0.717) is 28.5 Å². The minimum absolute atomic E-state index is 0.0936. The molecule has 0 fully saturated rings. The fourth-order valence-corrected chi connectivity index (χ4v) is 4.05. The molecule has 0 aliphatic carbocycles. The second kappa shape index (κ2) is 8.48. The molecule has 1 N–H and O–H groups in total. The summed E-state index contributed by atoms with van der Waals surface area (Å²) in [5, 5.41) is 5.26. The molecule has 0 saturated heterocycles. The molecule has 0 aliphatic rings. The fourth-order valence-electron chi connectivity index (χ4n) is 2.44. The van der Waals surface area contributed by atoms with Crippen LogP contribution in [0.5, 0.6) is 0 Å². The summed E-state index contributed by atoms with van der Waals surface area (Å²) in [6, 6.07) is 9.43. The lowest BCUT2D eigenvalue weighted by Gasteiger charge is -2.12. The number of amides is 1. The van der Waals surface area contributed by atoms with Gasteiger partial charge in [-0.05, 0) is 30.0 Å². The van der Waals surface area contributed by atoms with Gasteiger partial charge in [0, 0.05) is 12.8 Å². The predicted molar refractivity (Wildman–Crippen MR) is 106 cm³/mol. The van der Waals surface area contributed by atoms with Crippen LogP contribution in [0.25, 0.3) is 10.2 Å². The second-order valence-corrected chi connectivity index (χ2v) is 7.49. The average molecular weight is 390 g/mol. The Bertz CT molecular complexity index is 981. The number of aryl methyl sites for hydroxylation is 1. The van der Waals surface area contributed by atoms with Crippen molar-refractivity contribution < 1.29 is 9.53 Å². The van der Waals surface area contributed by atoms with Crippen LogP contribution >= 0.6 is 23.1 Å². The van der Waals surface area contributed by atoms with E-state index in [1.165, 1.54) is 23.1 Å². The standard InChI is InChI=1S/C18H19N3O3S2/c1-12-5-3-4-6-13(12)19-15(22)11-26-18-20-14-7-10-25-16(14)17(23)21(18)8-9-24-2/h3-7,10H,8-9,11H2,1-2H3,(H,19,22). The van der Waals surface area contributed by atoms with Crippen LogP contribution in [0.4, 0.5) is 5.69 Å². The summed E-state index contributed by atoms with van der Waals surface area (Å²) >= 11 is 2.62. The molecule has 2 heterocycles. The van der Waals surface area contributed by atoms with Crippen molar-refractivity contribution in [2.24, 2.45) is 0 Å². The molecule has 0 unspecified atom stereocenters. The summed E-state index contributed by atoms with van der Waals surface area (Å²) < 4.78 is 7.29. The number of carbonyl (C=O) groups excluding carboxylic acids is 1. The van der Waals surface area contributed by atoms with Crippen molar-refractivity contribution in [3.05, 3.63) is 51.6 Å². The highest BCUT2D eigenvalue weighted by atomic mass is 32.2. The van der Waals surface area contributed by atoms with Gasteiger partial charge in [0.05, 0.1) is 24.4 Å². The molecular formula is C18H19N3O3S2. The Morgan fingerprint density at radius 1 is 1.35 bits per heavy atom. The van der Waals surface area contributed by atoms with Crippen LogP contribution in [-0.4, -0.2) is 34.9 Å². The maximum Gasteiger partial charge on any atom is 0.272 e. The molecule has 0 bridgehead atoms. The van der Waals surface area contributed by atoms with Gasteiger partial charge in [-0.15, -0.1) is 11.3 Å². The molecule has 136 valence electrons. The summed E-state index contributed by atoms with van der Waals surface area (Å²) in [5.74, 6) is 0.0332. The molecule has 0 saturated carbocycles. The number of thiophene rings is 1. The Morgan fingerprint density at radius 2 is 2.15 bits per heavy atom. The summed E-state index contributed by atoms with van der Waals surface area (Å²) in [6.07, 6.45) is 0. The number of ether oxygens (including phenoxy) is 1. The Balaban J connectivity index is 1.78. The number of fused-ring (bicyclic) bond motifs is 1. The first-order valence-electron chi connectivity index (χ1n) is 8.05. The molecular weight excluding hydrogens is 370 g/mol.